The average Bonchev–Trinajstić information content (AvgIpc) is 2.92. The van der Waals surface area contributed by atoms with Crippen molar-refractivity contribution in [2.24, 2.45) is 5.41 Å². The van der Waals surface area contributed by atoms with Crippen LogP contribution in [0.15, 0.2) is 12.1 Å². The number of rotatable bonds is 2. The lowest BCUT2D eigenvalue weighted by atomic mass is 9.78. The molecular weight excluding hydrogens is 299 g/mol. The Labute approximate surface area is 134 Å². The first kappa shape index (κ1) is 15.9. The van der Waals surface area contributed by atoms with Crippen molar-refractivity contribution in [3.63, 3.8) is 0 Å². The monoisotopic (exact) mass is 320 g/mol. The Hall–Kier alpha value is -1.95. The van der Waals surface area contributed by atoms with Crippen molar-refractivity contribution in [2.45, 2.75) is 45.1 Å². The second-order valence-corrected chi connectivity index (χ2v) is 7.75. The molecule has 2 unspecified atom stereocenters. The van der Waals surface area contributed by atoms with Crippen LogP contribution in [-0.4, -0.2) is 29.6 Å². The minimum absolute atomic E-state index is 0.00426. The molecule has 1 aromatic carbocycles. The van der Waals surface area contributed by atoms with Gasteiger partial charge >= 0.3 is 5.97 Å². The van der Waals surface area contributed by atoms with E-state index in [1.807, 2.05) is 6.07 Å². The molecule has 0 radical (unpaired) electrons. The third-order valence-electron chi connectivity index (χ3n) is 4.55. The largest absolute Gasteiger partial charge is 0.480 e. The Morgan fingerprint density at radius 2 is 2.13 bits per heavy atom. The fourth-order valence-corrected chi connectivity index (χ4v) is 3.65. The number of amides is 1. The molecule has 3 rings (SSSR count). The Morgan fingerprint density at radius 1 is 1.43 bits per heavy atom. The van der Waals surface area contributed by atoms with Gasteiger partial charge < -0.3 is 15.7 Å². The van der Waals surface area contributed by atoms with E-state index in [9.17, 15) is 14.0 Å². The molecule has 1 amide bonds. The summed E-state index contributed by atoms with van der Waals surface area (Å²) in [5, 5.41) is 14.7. The Balaban J connectivity index is 2.02. The Bertz CT molecular complexity index is 696. The second kappa shape index (κ2) is 5.03. The third kappa shape index (κ3) is 2.61. The molecule has 6 heteroatoms. The first-order valence-electron chi connectivity index (χ1n) is 7.73. The molecular formula is C17H21FN2O3. The number of hydrogen-bond acceptors (Lipinski definition) is 3. The molecule has 1 aromatic rings. The lowest BCUT2D eigenvalue weighted by molar-refractivity contribution is -0.139. The van der Waals surface area contributed by atoms with Crippen molar-refractivity contribution in [3.8, 4) is 0 Å². The molecule has 0 aliphatic carbocycles. The summed E-state index contributed by atoms with van der Waals surface area (Å²) in [6.45, 7) is 6.34. The Morgan fingerprint density at radius 3 is 2.70 bits per heavy atom. The number of carbonyl (C=O) groups excluding carboxylic acids is 1. The highest BCUT2D eigenvalue weighted by atomic mass is 19.1. The second-order valence-electron chi connectivity index (χ2n) is 7.75. The van der Waals surface area contributed by atoms with E-state index in [1.165, 1.54) is 6.07 Å². The van der Waals surface area contributed by atoms with Gasteiger partial charge in [-0.2, -0.15) is 0 Å². The molecule has 1 fully saturated rings. The van der Waals surface area contributed by atoms with Crippen LogP contribution in [0.1, 0.15) is 38.3 Å². The predicted octanol–water partition coefficient (Wildman–Crippen LogP) is 2.05. The zero-order chi connectivity index (χ0) is 17.0. The summed E-state index contributed by atoms with van der Waals surface area (Å²) in [6, 6.07) is 2.45. The molecule has 1 spiro atoms. The summed E-state index contributed by atoms with van der Waals surface area (Å²) in [7, 11) is 0. The van der Waals surface area contributed by atoms with Crippen LogP contribution in [0.5, 0.6) is 0 Å². The maximum absolute atomic E-state index is 14.8. The van der Waals surface area contributed by atoms with E-state index in [4.69, 9.17) is 5.11 Å². The quantitative estimate of drug-likeness (QED) is 0.779. The Kier molecular flexibility index (Phi) is 3.48. The molecule has 0 saturated carbocycles. The lowest BCUT2D eigenvalue weighted by Crippen LogP contribution is -2.37. The minimum atomic E-state index is -1.12. The van der Waals surface area contributed by atoms with Crippen LogP contribution in [0.2, 0.25) is 0 Å². The van der Waals surface area contributed by atoms with Crippen molar-refractivity contribution < 1.29 is 19.1 Å². The van der Waals surface area contributed by atoms with Crippen molar-refractivity contribution >= 4 is 17.6 Å². The molecule has 1 saturated heterocycles. The molecule has 2 aliphatic rings. The molecule has 0 aromatic heterocycles. The van der Waals surface area contributed by atoms with Gasteiger partial charge in [-0.25, -0.2) is 4.39 Å². The highest BCUT2D eigenvalue weighted by molar-refractivity contribution is 6.07. The lowest BCUT2D eigenvalue weighted by Gasteiger charge is -2.22. The molecule has 3 N–H and O–H groups in total. The van der Waals surface area contributed by atoms with Crippen LogP contribution in [0.25, 0.3) is 0 Å². The molecule has 2 aliphatic heterocycles. The fraction of sp³-hybridized carbons (Fsp3) is 0.529. The van der Waals surface area contributed by atoms with Crippen LogP contribution in [0.4, 0.5) is 10.1 Å². The van der Waals surface area contributed by atoms with Gasteiger partial charge in [-0.3, -0.25) is 9.59 Å². The molecule has 124 valence electrons. The number of anilines is 1. The number of carboxylic acid groups (broad SMARTS) is 1. The van der Waals surface area contributed by atoms with Gasteiger partial charge in [0.25, 0.3) is 0 Å². The number of carboxylic acids is 1. The average molecular weight is 320 g/mol. The van der Waals surface area contributed by atoms with E-state index in [0.717, 1.165) is 5.56 Å². The number of benzene rings is 1. The van der Waals surface area contributed by atoms with E-state index >= 15 is 0 Å². The summed E-state index contributed by atoms with van der Waals surface area (Å²) >= 11 is 0. The van der Waals surface area contributed by atoms with E-state index in [0.29, 0.717) is 17.7 Å². The summed E-state index contributed by atoms with van der Waals surface area (Å²) in [5.74, 6) is -1.78. The molecule has 23 heavy (non-hydrogen) atoms. The number of aliphatic carboxylic acids is 1. The molecule has 2 atom stereocenters. The fourth-order valence-electron chi connectivity index (χ4n) is 3.65. The summed E-state index contributed by atoms with van der Waals surface area (Å²) in [5.41, 5.74) is 0.484. The summed E-state index contributed by atoms with van der Waals surface area (Å²) in [4.78, 5) is 23.6. The molecule has 5 nitrogen and oxygen atoms in total. The number of hydrogen-bond donors (Lipinski definition) is 3. The van der Waals surface area contributed by atoms with Gasteiger partial charge in [-0.15, -0.1) is 0 Å². The van der Waals surface area contributed by atoms with Gasteiger partial charge in [-0.05, 0) is 36.0 Å². The highest BCUT2D eigenvalue weighted by Gasteiger charge is 2.54. The van der Waals surface area contributed by atoms with Gasteiger partial charge in [0.1, 0.15) is 11.9 Å². The highest BCUT2D eigenvalue weighted by Crippen LogP contribution is 2.45. The summed E-state index contributed by atoms with van der Waals surface area (Å²) < 4.78 is 14.8. The van der Waals surface area contributed by atoms with Crippen molar-refractivity contribution in [1.82, 2.24) is 5.32 Å². The number of carbonyl (C=O) groups is 2. The first-order chi connectivity index (χ1) is 10.6. The van der Waals surface area contributed by atoms with Crippen molar-refractivity contribution in [2.75, 3.05) is 11.9 Å². The minimum Gasteiger partial charge on any atom is -0.480 e. The standard InChI is InChI=1S/C17H21FN2O3/c1-16(2,3)6-9-4-10(18)13-11(5-9)20-15(23)17(13)7-12(14(21)22)19-8-17/h4-5,12,19H,6-8H2,1-3H3,(H,20,23)(H,21,22). The zero-order valence-corrected chi connectivity index (χ0v) is 13.5. The van der Waals surface area contributed by atoms with Crippen LogP contribution in [0.3, 0.4) is 0 Å². The van der Waals surface area contributed by atoms with Crippen LogP contribution < -0.4 is 10.6 Å². The van der Waals surface area contributed by atoms with Gasteiger partial charge in [0.15, 0.2) is 0 Å². The molecule has 2 heterocycles. The van der Waals surface area contributed by atoms with Crippen LogP contribution in [-0.2, 0) is 21.4 Å². The number of fused-ring (bicyclic) bond motifs is 2. The maximum Gasteiger partial charge on any atom is 0.320 e. The molecule has 0 bridgehead atoms. The van der Waals surface area contributed by atoms with Crippen molar-refractivity contribution in [1.29, 1.82) is 0 Å². The zero-order valence-electron chi connectivity index (χ0n) is 13.5. The van der Waals surface area contributed by atoms with Gasteiger partial charge in [0, 0.05) is 17.8 Å². The van der Waals surface area contributed by atoms with Gasteiger partial charge in [0.05, 0.1) is 5.41 Å². The van der Waals surface area contributed by atoms with E-state index in [-0.39, 0.29) is 24.3 Å². The first-order valence-corrected chi connectivity index (χ1v) is 7.73. The van der Waals surface area contributed by atoms with Crippen LogP contribution >= 0.6 is 0 Å². The topological polar surface area (TPSA) is 78.4 Å². The third-order valence-corrected chi connectivity index (χ3v) is 4.55. The van der Waals surface area contributed by atoms with Crippen molar-refractivity contribution in [3.05, 3.63) is 29.1 Å². The van der Waals surface area contributed by atoms with E-state index in [1.54, 1.807) is 0 Å². The van der Waals surface area contributed by atoms with Gasteiger partial charge in [-0.1, -0.05) is 20.8 Å². The smallest absolute Gasteiger partial charge is 0.320 e. The van der Waals surface area contributed by atoms with E-state index in [2.05, 4.69) is 31.4 Å². The summed E-state index contributed by atoms with van der Waals surface area (Å²) in [6.07, 6.45) is 0.757. The van der Waals surface area contributed by atoms with Crippen LogP contribution in [0, 0.1) is 11.2 Å². The maximum atomic E-state index is 14.8. The normalized spacial score (nSPS) is 26.4. The van der Waals surface area contributed by atoms with E-state index < -0.39 is 23.2 Å². The SMILES string of the molecule is CC(C)(C)Cc1cc(F)c2c(c1)NC(=O)C21CNC(C(=O)O)C1. The number of halogens is 1. The number of nitrogens with one attached hydrogen (secondary N) is 2. The predicted molar refractivity (Wildman–Crippen MR) is 83.9 cm³/mol. The van der Waals surface area contributed by atoms with Gasteiger partial charge in [0.2, 0.25) is 5.91 Å².